The van der Waals surface area contributed by atoms with Crippen molar-refractivity contribution in [1.82, 2.24) is 9.97 Å². The van der Waals surface area contributed by atoms with Gasteiger partial charge in [0.05, 0.1) is 27.7 Å². The van der Waals surface area contributed by atoms with E-state index in [9.17, 15) is 4.79 Å². The van der Waals surface area contributed by atoms with Crippen LogP contribution in [-0.2, 0) is 4.74 Å². The van der Waals surface area contributed by atoms with Crippen LogP contribution in [0.3, 0.4) is 0 Å². The molecule has 0 N–H and O–H groups in total. The first-order chi connectivity index (χ1) is 13.8. The number of hydrogen-bond acceptors (Lipinski definition) is 7. The maximum atomic E-state index is 13.4. The molecule has 0 saturated carbocycles. The standard InChI is InChI=1S/C20H17N3O2S3/c24-19(15-12-27-18(21-15)17-8-4-10-26-17)23(11-13-5-3-9-25-13)20-22-14-6-1-2-7-16(14)28-20/h1-2,4,6-8,10,12-13H,3,5,9,11H2/t13-/m1/s1. The molecule has 0 unspecified atom stereocenters. The van der Waals surface area contributed by atoms with Crippen LogP contribution in [0.25, 0.3) is 20.1 Å². The third kappa shape index (κ3) is 3.48. The molecule has 0 radical (unpaired) electrons. The van der Waals surface area contributed by atoms with Crippen molar-refractivity contribution in [3.63, 3.8) is 0 Å². The molecule has 5 nitrogen and oxygen atoms in total. The number of benzene rings is 1. The Hall–Kier alpha value is -2.13. The molecule has 1 amide bonds. The highest BCUT2D eigenvalue weighted by molar-refractivity contribution is 7.22. The smallest absolute Gasteiger partial charge is 0.279 e. The molecule has 1 saturated heterocycles. The number of ether oxygens (including phenoxy) is 1. The van der Waals surface area contributed by atoms with E-state index in [-0.39, 0.29) is 12.0 Å². The maximum Gasteiger partial charge on any atom is 0.279 e. The predicted molar refractivity (Wildman–Crippen MR) is 116 cm³/mol. The van der Waals surface area contributed by atoms with Crippen molar-refractivity contribution in [2.45, 2.75) is 18.9 Å². The lowest BCUT2D eigenvalue weighted by Crippen LogP contribution is -2.37. The molecular formula is C20H17N3O2S3. The first kappa shape index (κ1) is 17.9. The molecule has 1 atom stereocenters. The van der Waals surface area contributed by atoms with Crippen molar-refractivity contribution in [2.75, 3.05) is 18.1 Å². The number of rotatable bonds is 5. The Bertz CT molecular complexity index is 1060. The zero-order chi connectivity index (χ0) is 18.9. The van der Waals surface area contributed by atoms with E-state index in [1.54, 1.807) is 16.2 Å². The van der Waals surface area contributed by atoms with Crippen molar-refractivity contribution < 1.29 is 9.53 Å². The van der Waals surface area contributed by atoms with Crippen molar-refractivity contribution in [1.29, 1.82) is 0 Å². The Morgan fingerprint density at radius 3 is 2.89 bits per heavy atom. The summed E-state index contributed by atoms with van der Waals surface area (Å²) in [5.41, 5.74) is 1.37. The zero-order valence-electron chi connectivity index (χ0n) is 14.9. The van der Waals surface area contributed by atoms with E-state index in [4.69, 9.17) is 9.72 Å². The molecule has 0 bridgehead atoms. The molecule has 4 aromatic rings. The molecule has 5 rings (SSSR count). The fourth-order valence-electron chi connectivity index (χ4n) is 3.24. The van der Waals surface area contributed by atoms with Crippen LogP contribution in [0.5, 0.6) is 0 Å². The Balaban J connectivity index is 1.49. The second-order valence-corrected chi connectivity index (χ2v) is 9.35. The van der Waals surface area contributed by atoms with Gasteiger partial charge < -0.3 is 4.74 Å². The van der Waals surface area contributed by atoms with Gasteiger partial charge in [-0.1, -0.05) is 29.5 Å². The third-order valence-corrected chi connectivity index (χ3v) is 7.56. The van der Waals surface area contributed by atoms with Crippen LogP contribution in [-0.4, -0.2) is 35.1 Å². The number of fused-ring (bicyclic) bond motifs is 1. The van der Waals surface area contributed by atoms with Gasteiger partial charge in [0, 0.05) is 12.0 Å². The topological polar surface area (TPSA) is 55.3 Å². The van der Waals surface area contributed by atoms with E-state index < -0.39 is 0 Å². The van der Waals surface area contributed by atoms with Gasteiger partial charge in [0.25, 0.3) is 5.91 Å². The van der Waals surface area contributed by atoms with Gasteiger partial charge >= 0.3 is 0 Å². The van der Waals surface area contributed by atoms with Gasteiger partial charge in [-0.05, 0) is 36.4 Å². The van der Waals surface area contributed by atoms with Crippen LogP contribution in [0, 0.1) is 0 Å². The molecule has 1 fully saturated rings. The summed E-state index contributed by atoms with van der Waals surface area (Å²) in [5, 5.41) is 5.43. The van der Waals surface area contributed by atoms with Gasteiger partial charge in [0.2, 0.25) is 0 Å². The van der Waals surface area contributed by atoms with Crippen LogP contribution < -0.4 is 4.90 Å². The van der Waals surface area contributed by atoms with Gasteiger partial charge in [-0.25, -0.2) is 9.97 Å². The number of aromatic nitrogens is 2. The van der Waals surface area contributed by atoms with Crippen molar-refractivity contribution in [3.05, 3.63) is 52.9 Å². The van der Waals surface area contributed by atoms with Crippen LogP contribution >= 0.6 is 34.0 Å². The van der Waals surface area contributed by atoms with Gasteiger partial charge in [0.1, 0.15) is 10.7 Å². The fourth-order valence-corrected chi connectivity index (χ4v) is 5.82. The largest absolute Gasteiger partial charge is 0.376 e. The molecule has 0 aliphatic carbocycles. The van der Waals surface area contributed by atoms with E-state index in [1.165, 1.54) is 22.7 Å². The van der Waals surface area contributed by atoms with Crippen LogP contribution in [0.4, 0.5) is 5.13 Å². The Labute approximate surface area is 174 Å². The Morgan fingerprint density at radius 1 is 1.18 bits per heavy atom. The number of carbonyl (C=O) groups is 1. The minimum absolute atomic E-state index is 0.0476. The van der Waals surface area contributed by atoms with Crippen LogP contribution in [0.1, 0.15) is 23.3 Å². The summed E-state index contributed by atoms with van der Waals surface area (Å²) in [7, 11) is 0. The average Bonchev–Trinajstić information content (AvgIpc) is 3.51. The Kier molecular flexibility index (Phi) is 4.94. The number of thiophene rings is 1. The molecule has 28 heavy (non-hydrogen) atoms. The third-order valence-electron chi connectivity index (χ3n) is 4.62. The lowest BCUT2D eigenvalue weighted by molar-refractivity contribution is 0.0914. The highest BCUT2D eigenvalue weighted by Gasteiger charge is 2.28. The van der Waals surface area contributed by atoms with E-state index >= 15 is 0 Å². The first-order valence-electron chi connectivity index (χ1n) is 9.06. The normalized spacial score (nSPS) is 16.6. The van der Waals surface area contributed by atoms with Gasteiger partial charge in [0.15, 0.2) is 5.13 Å². The molecular weight excluding hydrogens is 410 g/mol. The summed E-state index contributed by atoms with van der Waals surface area (Å²) in [6, 6.07) is 12.0. The molecule has 3 aromatic heterocycles. The van der Waals surface area contributed by atoms with E-state index in [0.29, 0.717) is 17.4 Å². The first-order valence-corrected chi connectivity index (χ1v) is 11.6. The zero-order valence-corrected chi connectivity index (χ0v) is 17.4. The van der Waals surface area contributed by atoms with Gasteiger partial charge in [-0.15, -0.1) is 22.7 Å². The SMILES string of the molecule is O=C(c1csc(-c2cccs2)n1)N(C[C@H]1CCCO1)c1nc2ccccc2s1. The number of nitrogens with zero attached hydrogens (tertiary/aromatic N) is 3. The molecule has 1 aliphatic heterocycles. The number of para-hydroxylation sites is 1. The maximum absolute atomic E-state index is 13.4. The van der Waals surface area contributed by atoms with Gasteiger partial charge in [-0.3, -0.25) is 9.69 Å². The lowest BCUT2D eigenvalue weighted by atomic mass is 10.2. The van der Waals surface area contributed by atoms with Crippen LogP contribution in [0.2, 0.25) is 0 Å². The summed E-state index contributed by atoms with van der Waals surface area (Å²) in [4.78, 5) is 25.5. The summed E-state index contributed by atoms with van der Waals surface area (Å²) >= 11 is 4.66. The fraction of sp³-hybridized carbons (Fsp3) is 0.250. The second kappa shape index (κ2) is 7.71. The van der Waals surface area contributed by atoms with Crippen molar-refractivity contribution in [2.24, 2.45) is 0 Å². The number of carbonyl (C=O) groups excluding carboxylic acids is 1. The monoisotopic (exact) mass is 427 g/mol. The number of hydrogen-bond donors (Lipinski definition) is 0. The molecule has 4 heterocycles. The molecule has 0 spiro atoms. The van der Waals surface area contributed by atoms with Crippen molar-refractivity contribution >= 4 is 55.3 Å². The van der Waals surface area contributed by atoms with E-state index in [2.05, 4.69) is 4.98 Å². The lowest BCUT2D eigenvalue weighted by Gasteiger charge is -2.22. The highest BCUT2D eigenvalue weighted by Crippen LogP contribution is 2.32. The molecule has 1 aliphatic rings. The second-order valence-electron chi connectivity index (χ2n) is 6.53. The quantitative estimate of drug-likeness (QED) is 0.433. The molecule has 1 aromatic carbocycles. The van der Waals surface area contributed by atoms with Gasteiger partial charge in [-0.2, -0.15) is 0 Å². The summed E-state index contributed by atoms with van der Waals surface area (Å²) in [6.07, 6.45) is 2.05. The Morgan fingerprint density at radius 2 is 2.11 bits per heavy atom. The number of thiazole rings is 2. The summed E-state index contributed by atoms with van der Waals surface area (Å²) in [6.45, 7) is 1.26. The minimum atomic E-state index is -0.117. The summed E-state index contributed by atoms with van der Waals surface area (Å²) < 4.78 is 6.87. The van der Waals surface area contributed by atoms with E-state index in [1.807, 2.05) is 47.2 Å². The minimum Gasteiger partial charge on any atom is -0.376 e. The number of anilines is 1. The number of amides is 1. The predicted octanol–water partition coefficient (Wildman–Crippen LogP) is 5.31. The highest BCUT2D eigenvalue weighted by atomic mass is 32.1. The van der Waals surface area contributed by atoms with Crippen molar-refractivity contribution in [3.8, 4) is 9.88 Å². The van der Waals surface area contributed by atoms with Crippen LogP contribution in [0.15, 0.2) is 47.2 Å². The molecule has 8 heteroatoms. The summed E-state index contributed by atoms with van der Waals surface area (Å²) in [5.74, 6) is -0.117. The molecule has 142 valence electrons. The average molecular weight is 428 g/mol. The van der Waals surface area contributed by atoms with E-state index in [0.717, 1.165) is 39.5 Å².